The minimum absolute atomic E-state index is 0.172. The summed E-state index contributed by atoms with van der Waals surface area (Å²) >= 11 is 1.48. The first-order valence-electron chi connectivity index (χ1n) is 7.10. The monoisotopic (exact) mass is 278 g/mol. The summed E-state index contributed by atoms with van der Waals surface area (Å²) in [6.45, 7) is 2.07. The van der Waals surface area contributed by atoms with E-state index in [9.17, 15) is 4.79 Å². The van der Waals surface area contributed by atoms with Gasteiger partial charge >= 0.3 is 5.97 Å². The number of carboxylic acid groups (broad SMARTS) is 1. The Labute approximate surface area is 119 Å². The summed E-state index contributed by atoms with van der Waals surface area (Å²) in [7, 11) is 0. The minimum atomic E-state index is -0.740. The predicted molar refractivity (Wildman–Crippen MR) is 80.8 cm³/mol. The molecular weight excluding hydrogens is 256 g/mol. The molecule has 1 atom stereocenters. The minimum Gasteiger partial charge on any atom is -0.481 e. The van der Waals surface area contributed by atoms with Crippen molar-refractivity contribution in [2.24, 2.45) is 0 Å². The third kappa shape index (κ3) is 4.27. The lowest BCUT2D eigenvalue weighted by atomic mass is 9.84. The number of hydrogen-bond donors (Lipinski definition) is 1. The molecule has 0 spiro atoms. The van der Waals surface area contributed by atoms with E-state index in [0.717, 1.165) is 5.92 Å². The van der Waals surface area contributed by atoms with E-state index in [0.29, 0.717) is 0 Å². The van der Waals surface area contributed by atoms with Gasteiger partial charge < -0.3 is 5.11 Å². The molecule has 0 aliphatic heterocycles. The van der Waals surface area contributed by atoms with E-state index >= 15 is 0 Å². The van der Waals surface area contributed by atoms with Crippen LogP contribution >= 0.6 is 11.8 Å². The van der Waals surface area contributed by atoms with Gasteiger partial charge in [-0.15, -0.1) is 11.8 Å². The first-order valence-corrected chi connectivity index (χ1v) is 8.15. The van der Waals surface area contributed by atoms with Crippen molar-refractivity contribution in [2.45, 2.75) is 50.2 Å². The van der Waals surface area contributed by atoms with Gasteiger partial charge in [0.1, 0.15) is 0 Å². The van der Waals surface area contributed by atoms with E-state index in [2.05, 4.69) is 31.2 Å². The highest BCUT2D eigenvalue weighted by atomic mass is 32.2. The molecule has 1 unspecified atom stereocenters. The molecule has 0 heterocycles. The predicted octanol–water partition coefficient (Wildman–Crippen LogP) is 4.61. The van der Waals surface area contributed by atoms with Gasteiger partial charge in [-0.2, -0.15) is 0 Å². The van der Waals surface area contributed by atoms with Gasteiger partial charge in [0, 0.05) is 5.25 Å². The van der Waals surface area contributed by atoms with Crippen molar-refractivity contribution in [1.29, 1.82) is 0 Å². The smallest absolute Gasteiger partial charge is 0.313 e. The second kappa shape index (κ2) is 6.99. The van der Waals surface area contributed by atoms with E-state index in [4.69, 9.17) is 5.11 Å². The Balaban J connectivity index is 1.95. The fraction of sp³-hybridized carbons (Fsp3) is 0.562. The van der Waals surface area contributed by atoms with E-state index in [-0.39, 0.29) is 11.0 Å². The Bertz CT molecular complexity index is 407. The molecule has 0 amide bonds. The summed E-state index contributed by atoms with van der Waals surface area (Å²) in [5.74, 6) is 0.173. The quantitative estimate of drug-likeness (QED) is 0.854. The number of hydrogen-bond acceptors (Lipinski definition) is 2. The van der Waals surface area contributed by atoms with Crippen molar-refractivity contribution in [3.63, 3.8) is 0 Å². The fourth-order valence-electron chi connectivity index (χ4n) is 2.77. The van der Waals surface area contributed by atoms with Crippen LogP contribution in [-0.4, -0.2) is 16.8 Å². The summed E-state index contributed by atoms with van der Waals surface area (Å²) in [6, 6.07) is 8.82. The molecule has 0 bridgehead atoms. The normalized spacial score (nSPS) is 18.2. The lowest BCUT2D eigenvalue weighted by molar-refractivity contribution is -0.133. The van der Waals surface area contributed by atoms with Crippen molar-refractivity contribution >= 4 is 17.7 Å². The molecule has 2 nitrogen and oxygen atoms in total. The fourth-order valence-corrected chi connectivity index (χ4v) is 3.51. The molecule has 1 aliphatic rings. The van der Waals surface area contributed by atoms with Gasteiger partial charge in [0.15, 0.2) is 0 Å². The van der Waals surface area contributed by atoms with Gasteiger partial charge in [0.25, 0.3) is 0 Å². The van der Waals surface area contributed by atoms with Crippen LogP contribution in [0.25, 0.3) is 0 Å². The first kappa shape index (κ1) is 14.4. The number of carboxylic acids is 1. The highest BCUT2D eigenvalue weighted by molar-refractivity contribution is 8.00. The maximum atomic E-state index is 10.6. The number of aliphatic carboxylic acids is 1. The van der Waals surface area contributed by atoms with E-state index in [1.54, 1.807) is 0 Å². The molecule has 3 heteroatoms. The Morgan fingerprint density at radius 2 is 1.89 bits per heavy atom. The molecule has 1 aromatic rings. The van der Waals surface area contributed by atoms with Crippen LogP contribution in [0, 0.1) is 0 Å². The standard InChI is InChI=1S/C16H22O2S/c1-12(19-11-16(17)18)13-7-9-15(10-8-13)14-5-3-2-4-6-14/h7-10,12,14H,2-6,11H2,1H3,(H,17,18). The lowest BCUT2D eigenvalue weighted by Gasteiger charge is -2.22. The molecule has 1 fully saturated rings. The van der Waals surface area contributed by atoms with Crippen LogP contribution in [-0.2, 0) is 4.79 Å². The molecule has 1 saturated carbocycles. The highest BCUT2D eigenvalue weighted by Gasteiger charge is 2.16. The van der Waals surface area contributed by atoms with Crippen molar-refractivity contribution in [2.75, 3.05) is 5.75 Å². The lowest BCUT2D eigenvalue weighted by Crippen LogP contribution is -2.05. The topological polar surface area (TPSA) is 37.3 Å². The Morgan fingerprint density at radius 3 is 2.47 bits per heavy atom. The number of benzene rings is 1. The largest absolute Gasteiger partial charge is 0.481 e. The molecule has 0 aromatic heterocycles. The summed E-state index contributed by atoms with van der Waals surface area (Å²) in [5, 5.41) is 8.95. The molecule has 1 aliphatic carbocycles. The number of thioether (sulfide) groups is 1. The van der Waals surface area contributed by atoms with Crippen molar-refractivity contribution in [1.82, 2.24) is 0 Å². The maximum absolute atomic E-state index is 10.6. The van der Waals surface area contributed by atoms with Gasteiger partial charge in [-0.25, -0.2) is 0 Å². The van der Waals surface area contributed by atoms with E-state index in [1.165, 1.54) is 55.0 Å². The SMILES string of the molecule is CC(SCC(=O)O)c1ccc(C2CCCCC2)cc1. The number of carbonyl (C=O) groups is 1. The highest BCUT2D eigenvalue weighted by Crippen LogP contribution is 2.34. The summed E-state index contributed by atoms with van der Waals surface area (Å²) in [5.41, 5.74) is 2.68. The van der Waals surface area contributed by atoms with Crippen LogP contribution in [0.1, 0.15) is 61.3 Å². The Morgan fingerprint density at radius 1 is 1.26 bits per heavy atom. The third-order valence-corrected chi connectivity index (χ3v) is 5.13. The summed E-state index contributed by atoms with van der Waals surface area (Å²) < 4.78 is 0. The summed E-state index contributed by atoms with van der Waals surface area (Å²) in [4.78, 5) is 10.6. The molecule has 2 rings (SSSR count). The van der Waals surface area contributed by atoms with Crippen LogP contribution < -0.4 is 0 Å². The summed E-state index contributed by atoms with van der Waals surface area (Å²) in [6.07, 6.45) is 6.75. The van der Waals surface area contributed by atoms with Crippen LogP contribution in [0.2, 0.25) is 0 Å². The van der Waals surface area contributed by atoms with Gasteiger partial charge in [0.05, 0.1) is 5.75 Å². The molecule has 104 valence electrons. The molecule has 0 radical (unpaired) electrons. The maximum Gasteiger partial charge on any atom is 0.313 e. The Kier molecular flexibility index (Phi) is 5.32. The van der Waals surface area contributed by atoms with Crippen LogP contribution in [0.3, 0.4) is 0 Å². The van der Waals surface area contributed by atoms with Crippen LogP contribution in [0.15, 0.2) is 24.3 Å². The van der Waals surface area contributed by atoms with Gasteiger partial charge in [-0.3, -0.25) is 4.79 Å². The van der Waals surface area contributed by atoms with E-state index < -0.39 is 5.97 Å². The van der Waals surface area contributed by atoms with Gasteiger partial charge in [0.2, 0.25) is 0 Å². The molecule has 0 saturated heterocycles. The first-order chi connectivity index (χ1) is 9.16. The molecule has 19 heavy (non-hydrogen) atoms. The van der Waals surface area contributed by atoms with Gasteiger partial charge in [-0.05, 0) is 36.8 Å². The van der Waals surface area contributed by atoms with Crippen LogP contribution in [0.4, 0.5) is 0 Å². The van der Waals surface area contributed by atoms with Crippen molar-refractivity contribution < 1.29 is 9.90 Å². The second-order valence-corrected chi connectivity index (χ2v) is 6.68. The zero-order valence-corrected chi connectivity index (χ0v) is 12.3. The molecular formula is C16H22O2S. The molecule has 1 N–H and O–H groups in total. The van der Waals surface area contributed by atoms with Crippen LogP contribution in [0.5, 0.6) is 0 Å². The zero-order valence-electron chi connectivity index (χ0n) is 11.5. The zero-order chi connectivity index (χ0) is 13.7. The second-order valence-electron chi connectivity index (χ2n) is 5.35. The van der Waals surface area contributed by atoms with E-state index in [1.807, 2.05) is 0 Å². The van der Waals surface area contributed by atoms with Crippen molar-refractivity contribution in [3.05, 3.63) is 35.4 Å². The third-order valence-electron chi connectivity index (χ3n) is 3.94. The van der Waals surface area contributed by atoms with Crippen molar-refractivity contribution in [3.8, 4) is 0 Å². The van der Waals surface area contributed by atoms with Gasteiger partial charge in [-0.1, -0.05) is 43.5 Å². The average Bonchev–Trinajstić information content (AvgIpc) is 2.46. The average molecular weight is 278 g/mol. The molecule has 1 aromatic carbocycles. The number of rotatable bonds is 5. The Hall–Kier alpha value is -0.960.